The van der Waals surface area contributed by atoms with Crippen LogP contribution in [0.5, 0.6) is 0 Å². The molecule has 4 heteroatoms. The van der Waals surface area contributed by atoms with Crippen molar-refractivity contribution >= 4 is 11.9 Å². The van der Waals surface area contributed by atoms with E-state index in [1.165, 1.54) is 12.2 Å². The van der Waals surface area contributed by atoms with Crippen LogP contribution < -0.4 is 0 Å². The molecule has 0 radical (unpaired) electrons. The van der Waals surface area contributed by atoms with Crippen LogP contribution in [0.4, 0.5) is 0 Å². The van der Waals surface area contributed by atoms with Crippen molar-refractivity contribution in [2.75, 3.05) is 13.2 Å². The highest BCUT2D eigenvalue weighted by molar-refractivity contribution is 5.82. The van der Waals surface area contributed by atoms with Gasteiger partial charge in [-0.25, -0.2) is 9.59 Å². The summed E-state index contributed by atoms with van der Waals surface area (Å²) in [5.74, 6) is -0.777. The van der Waals surface area contributed by atoms with Gasteiger partial charge in [0, 0.05) is 17.6 Å². The van der Waals surface area contributed by atoms with Crippen molar-refractivity contribution in [1.82, 2.24) is 0 Å². The first-order valence-corrected chi connectivity index (χ1v) is 5.50. The third-order valence-corrected chi connectivity index (χ3v) is 1.82. The van der Waals surface area contributed by atoms with Crippen LogP contribution in [0.1, 0.15) is 27.7 Å². The summed E-state index contributed by atoms with van der Waals surface area (Å²) in [7, 11) is 0. The summed E-state index contributed by atoms with van der Waals surface area (Å²) in [4.78, 5) is 22.2. The molecule has 0 aliphatic carbocycles. The van der Waals surface area contributed by atoms with Gasteiger partial charge in [0.1, 0.15) is 0 Å². The number of allylic oxidation sites excluding steroid dienone is 2. The highest BCUT2D eigenvalue weighted by atomic mass is 16.5. The molecule has 96 valence electrons. The molecular weight excluding hydrogens is 220 g/mol. The molecule has 0 amide bonds. The van der Waals surface area contributed by atoms with Crippen molar-refractivity contribution in [2.24, 2.45) is 5.41 Å². The smallest absolute Gasteiger partial charge is 0.330 e. The number of hydrogen-bond acceptors (Lipinski definition) is 4. The second-order valence-corrected chi connectivity index (χ2v) is 4.38. The lowest BCUT2D eigenvalue weighted by atomic mass is 9.96. The molecule has 0 aliphatic rings. The van der Waals surface area contributed by atoms with Gasteiger partial charge in [0.2, 0.25) is 0 Å². The minimum Gasteiger partial charge on any atom is -0.462 e. The molecule has 17 heavy (non-hydrogen) atoms. The molecule has 0 rings (SSSR count). The van der Waals surface area contributed by atoms with E-state index in [0.29, 0.717) is 0 Å². The Kier molecular flexibility index (Phi) is 6.94. The summed E-state index contributed by atoms with van der Waals surface area (Å²) in [6.45, 7) is 7.62. The van der Waals surface area contributed by atoms with E-state index in [1.807, 2.05) is 13.8 Å². The number of rotatable bonds is 6. The summed E-state index contributed by atoms with van der Waals surface area (Å²) >= 11 is 0. The molecule has 0 aliphatic heterocycles. The van der Waals surface area contributed by atoms with E-state index in [9.17, 15) is 9.59 Å². The van der Waals surface area contributed by atoms with Gasteiger partial charge in [-0.05, 0) is 13.8 Å². The Morgan fingerprint density at radius 2 is 1.29 bits per heavy atom. The molecule has 0 aromatic rings. The molecule has 0 atom stereocenters. The van der Waals surface area contributed by atoms with E-state index in [-0.39, 0.29) is 25.2 Å². The molecule has 0 aromatic heterocycles. The lowest BCUT2D eigenvalue weighted by molar-refractivity contribution is -0.146. The lowest BCUT2D eigenvalue weighted by Crippen LogP contribution is -2.28. The van der Waals surface area contributed by atoms with Crippen LogP contribution in [-0.2, 0) is 19.1 Å². The van der Waals surface area contributed by atoms with Crippen LogP contribution in [0.3, 0.4) is 0 Å². The van der Waals surface area contributed by atoms with Crippen LogP contribution in [0.2, 0.25) is 0 Å². The van der Waals surface area contributed by atoms with E-state index in [0.717, 1.165) is 0 Å². The Labute approximate surface area is 102 Å². The van der Waals surface area contributed by atoms with Gasteiger partial charge < -0.3 is 9.47 Å². The van der Waals surface area contributed by atoms with E-state index in [2.05, 4.69) is 0 Å². The van der Waals surface area contributed by atoms with Gasteiger partial charge in [-0.3, -0.25) is 0 Å². The number of esters is 2. The van der Waals surface area contributed by atoms with Crippen LogP contribution in [-0.4, -0.2) is 25.2 Å². The zero-order valence-electron chi connectivity index (χ0n) is 10.9. The molecule has 0 bridgehead atoms. The van der Waals surface area contributed by atoms with Crippen LogP contribution in [0.15, 0.2) is 24.3 Å². The van der Waals surface area contributed by atoms with Gasteiger partial charge in [0.15, 0.2) is 0 Å². The van der Waals surface area contributed by atoms with Gasteiger partial charge >= 0.3 is 11.9 Å². The predicted molar refractivity (Wildman–Crippen MR) is 65.3 cm³/mol. The van der Waals surface area contributed by atoms with E-state index < -0.39 is 5.41 Å². The fourth-order valence-electron chi connectivity index (χ4n) is 0.943. The second kappa shape index (κ2) is 7.65. The molecule has 0 fully saturated rings. The predicted octanol–water partition coefficient (Wildman–Crippen LogP) is 2.25. The Morgan fingerprint density at radius 1 is 0.941 bits per heavy atom. The molecule has 4 nitrogen and oxygen atoms in total. The number of ether oxygens (including phenoxy) is 2. The first-order chi connectivity index (χ1) is 7.91. The second-order valence-electron chi connectivity index (χ2n) is 4.38. The molecule has 0 aromatic carbocycles. The monoisotopic (exact) mass is 240 g/mol. The summed E-state index contributed by atoms with van der Waals surface area (Å²) in [6.07, 6.45) is 5.92. The highest BCUT2D eigenvalue weighted by Crippen LogP contribution is 2.16. The maximum atomic E-state index is 11.1. The van der Waals surface area contributed by atoms with Crippen molar-refractivity contribution in [3.05, 3.63) is 24.3 Å². The summed E-state index contributed by atoms with van der Waals surface area (Å²) in [5.41, 5.74) is -0.394. The molecule has 0 saturated heterocycles. The van der Waals surface area contributed by atoms with Gasteiger partial charge in [-0.15, -0.1) is 0 Å². The van der Waals surface area contributed by atoms with Gasteiger partial charge in [-0.1, -0.05) is 26.0 Å². The molecule has 0 unspecified atom stereocenters. The molecule has 0 heterocycles. The number of hydrogen-bond donors (Lipinski definition) is 0. The van der Waals surface area contributed by atoms with Crippen LogP contribution in [0.25, 0.3) is 0 Å². The number of carbonyl (C=O) groups is 2. The van der Waals surface area contributed by atoms with Crippen molar-refractivity contribution < 1.29 is 19.1 Å². The standard InChI is InChI=1S/C13H20O4/c1-5-7-11(14)16-9-13(3,4)10-17-12(15)8-6-2/h5-8H,9-10H2,1-4H3/b7-5+,8-6+. The first-order valence-electron chi connectivity index (χ1n) is 5.50. The Hall–Kier alpha value is -1.58. The number of carbonyl (C=O) groups excluding carboxylic acids is 2. The van der Waals surface area contributed by atoms with Crippen molar-refractivity contribution in [3.63, 3.8) is 0 Å². The quantitative estimate of drug-likeness (QED) is 0.528. The van der Waals surface area contributed by atoms with Crippen molar-refractivity contribution in [1.29, 1.82) is 0 Å². The normalized spacial score (nSPS) is 12.0. The van der Waals surface area contributed by atoms with Gasteiger partial charge in [0.05, 0.1) is 13.2 Å². The van der Waals surface area contributed by atoms with Crippen molar-refractivity contribution in [2.45, 2.75) is 27.7 Å². The molecule has 0 N–H and O–H groups in total. The topological polar surface area (TPSA) is 52.6 Å². The lowest BCUT2D eigenvalue weighted by Gasteiger charge is -2.22. The Balaban J connectivity index is 4.03. The van der Waals surface area contributed by atoms with E-state index in [1.54, 1.807) is 26.0 Å². The SMILES string of the molecule is C/C=C/C(=O)OCC(C)(C)COC(=O)/C=C/C. The Bertz CT molecular complexity index is 283. The van der Waals surface area contributed by atoms with Crippen molar-refractivity contribution in [3.8, 4) is 0 Å². The summed E-state index contributed by atoms with van der Waals surface area (Å²) < 4.78 is 10.0. The maximum absolute atomic E-state index is 11.1. The van der Waals surface area contributed by atoms with Crippen LogP contribution in [0, 0.1) is 5.41 Å². The van der Waals surface area contributed by atoms with Gasteiger partial charge in [0.25, 0.3) is 0 Å². The third kappa shape index (κ3) is 8.25. The average molecular weight is 240 g/mol. The van der Waals surface area contributed by atoms with Crippen LogP contribution >= 0.6 is 0 Å². The molecule has 0 saturated carbocycles. The average Bonchev–Trinajstić information content (AvgIpc) is 2.25. The van der Waals surface area contributed by atoms with Gasteiger partial charge in [-0.2, -0.15) is 0 Å². The summed E-state index contributed by atoms with van der Waals surface area (Å²) in [6, 6.07) is 0. The zero-order valence-corrected chi connectivity index (χ0v) is 10.9. The largest absolute Gasteiger partial charge is 0.462 e. The highest BCUT2D eigenvalue weighted by Gasteiger charge is 2.21. The fourth-order valence-corrected chi connectivity index (χ4v) is 0.943. The molecular formula is C13H20O4. The zero-order chi connectivity index (χ0) is 13.3. The van der Waals surface area contributed by atoms with E-state index >= 15 is 0 Å². The molecule has 0 spiro atoms. The van der Waals surface area contributed by atoms with E-state index in [4.69, 9.17) is 9.47 Å². The Morgan fingerprint density at radius 3 is 1.59 bits per heavy atom. The first kappa shape index (κ1) is 15.4. The third-order valence-electron chi connectivity index (χ3n) is 1.82. The summed E-state index contributed by atoms with van der Waals surface area (Å²) in [5, 5.41) is 0. The minimum absolute atomic E-state index is 0.208. The fraction of sp³-hybridized carbons (Fsp3) is 0.538. The minimum atomic E-state index is -0.394. The maximum Gasteiger partial charge on any atom is 0.330 e.